The van der Waals surface area contributed by atoms with Crippen molar-refractivity contribution in [1.29, 1.82) is 0 Å². The van der Waals surface area contributed by atoms with Crippen molar-refractivity contribution in [1.82, 2.24) is 9.55 Å². The van der Waals surface area contributed by atoms with Crippen molar-refractivity contribution in [3.63, 3.8) is 0 Å². The maximum atomic E-state index is 13.6. The van der Waals surface area contributed by atoms with Gasteiger partial charge in [-0.25, -0.2) is 9.37 Å². The maximum Gasteiger partial charge on any atom is 0.306 e. The second kappa shape index (κ2) is 10.7. The van der Waals surface area contributed by atoms with E-state index in [0.717, 1.165) is 12.8 Å². The number of aryl methyl sites for hydroxylation is 1. The first-order chi connectivity index (χ1) is 17.5. The van der Waals surface area contributed by atoms with Crippen LogP contribution in [-0.4, -0.2) is 32.7 Å². The van der Waals surface area contributed by atoms with Gasteiger partial charge in [-0.05, 0) is 82.9 Å². The number of fused-ring (bicyclic) bond motifs is 1. The predicted molar refractivity (Wildman–Crippen MR) is 137 cm³/mol. The van der Waals surface area contributed by atoms with Crippen LogP contribution in [0.3, 0.4) is 0 Å². The van der Waals surface area contributed by atoms with Gasteiger partial charge in [0.15, 0.2) is 5.78 Å². The first kappa shape index (κ1) is 26.4. The molecule has 0 unspecified atom stereocenters. The molecule has 1 aromatic heterocycles. The molecule has 1 fully saturated rings. The van der Waals surface area contributed by atoms with Crippen molar-refractivity contribution < 1.29 is 23.5 Å². The Morgan fingerprint density at radius 2 is 1.76 bits per heavy atom. The van der Waals surface area contributed by atoms with Crippen molar-refractivity contribution >= 4 is 28.4 Å². The van der Waals surface area contributed by atoms with Crippen LogP contribution >= 0.6 is 0 Å². The maximum absolute atomic E-state index is 13.6. The Balaban J connectivity index is 1.62. The van der Waals surface area contributed by atoms with Crippen LogP contribution in [0.4, 0.5) is 4.39 Å². The van der Waals surface area contributed by atoms with Gasteiger partial charge < -0.3 is 4.74 Å². The van der Waals surface area contributed by atoms with Crippen LogP contribution in [0.15, 0.2) is 47.3 Å². The van der Waals surface area contributed by atoms with E-state index in [1.54, 1.807) is 18.2 Å². The summed E-state index contributed by atoms with van der Waals surface area (Å²) in [6.07, 6.45) is 3.24. The highest BCUT2D eigenvalue weighted by Crippen LogP contribution is 2.31. The van der Waals surface area contributed by atoms with E-state index in [4.69, 9.17) is 9.72 Å². The number of benzene rings is 2. The highest BCUT2D eigenvalue weighted by atomic mass is 19.1. The number of halogens is 1. The molecule has 0 amide bonds. The Kier molecular flexibility index (Phi) is 7.66. The van der Waals surface area contributed by atoms with Gasteiger partial charge in [0.25, 0.3) is 5.56 Å². The lowest BCUT2D eigenvalue weighted by Crippen LogP contribution is -2.25. The number of nitrogens with zero attached hydrogens (tertiary/aromatic N) is 2. The van der Waals surface area contributed by atoms with E-state index in [1.807, 2.05) is 20.8 Å². The van der Waals surface area contributed by atoms with Crippen molar-refractivity contribution in [3.05, 3.63) is 70.0 Å². The molecular weight excluding hydrogens is 475 g/mol. The summed E-state index contributed by atoms with van der Waals surface area (Å²) in [6.45, 7) is 5.43. The second-order valence-corrected chi connectivity index (χ2v) is 10.5. The molecule has 0 bridgehead atoms. The lowest BCUT2D eigenvalue weighted by molar-refractivity contribution is -0.154. The Morgan fingerprint density at radius 1 is 1.05 bits per heavy atom. The molecule has 1 aliphatic carbocycles. The Hall–Kier alpha value is -3.68. The quantitative estimate of drug-likeness (QED) is 0.164. The van der Waals surface area contributed by atoms with Gasteiger partial charge in [-0.2, -0.15) is 0 Å². The number of carbonyl (C=O) groups excluding carboxylic acids is 3. The number of Topliss-reactive ketones (excluding diaryl/α,β-unsaturated/α-hetero) is 2. The third-order valence-corrected chi connectivity index (χ3v) is 6.16. The Bertz CT molecular complexity index is 1400. The minimum atomic E-state index is -0.557. The van der Waals surface area contributed by atoms with Crippen LogP contribution in [0.25, 0.3) is 16.6 Å². The Morgan fingerprint density at radius 3 is 2.41 bits per heavy atom. The van der Waals surface area contributed by atoms with Gasteiger partial charge >= 0.3 is 5.97 Å². The molecule has 0 aliphatic heterocycles. The van der Waals surface area contributed by atoms with Gasteiger partial charge in [-0.3, -0.25) is 23.7 Å². The molecule has 4 rings (SSSR count). The van der Waals surface area contributed by atoms with E-state index in [0.29, 0.717) is 47.2 Å². The zero-order valence-electron chi connectivity index (χ0n) is 21.4. The van der Waals surface area contributed by atoms with E-state index >= 15 is 0 Å². The molecule has 7 nitrogen and oxygen atoms in total. The van der Waals surface area contributed by atoms with E-state index < -0.39 is 11.4 Å². The molecule has 2 aromatic carbocycles. The standard InChI is InChI=1S/C29H31FN2O5/c1-29(2,3)37-27(35)7-5-4-6-26-31-23-16-19(25(34)17-24(33)18-8-9-18)10-15-22(23)28(36)32(26)21-13-11-20(30)12-14-21/h10-16,18H,4-9,17H2,1-3H3. The number of ketones is 2. The first-order valence-electron chi connectivity index (χ1n) is 12.6. The van der Waals surface area contributed by atoms with E-state index in [2.05, 4.69) is 0 Å². The normalized spacial score (nSPS) is 13.5. The van der Waals surface area contributed by atoms with Crippen molar-refractivity contribution in [2.24, 2.45) is 5.92 Å². The van der Waals surface area contributed by atoms with Gasteiger partial charge in [0, 0.05) is 24.3 Å². The lowest BCUT2D eigenvalue weighted by Gasteiger charge is -2.19. The first-order valence-corrected chi connectivity index (χ1v) is 12.6. The molecule has 8 heteroatoms. The lowest BCUT2D eigenvalue weighted by atomic mass is 10.0. The van der Waals surface area contributed by atoms with E-state index in [9.17, 15) is 23.6 Å². The number of rotatable bonds is 10. The molecule has 0 saturated heterocycles. The molecule has 194 valence electrons. The van der Waals surface area contributed by atoms with E-state index in [-0.39, 0.29) is 41.9 Å². The molecule has 1 aliphatic rings. The molecular formula is C29H31FN2O5. The van der Waals surface area contributed by atoms with Crippen LogP contribution in [0.1, 0.15) is 75.5 Å². The summed E-state index contributed by atoms with van der Waals surface area (Å²) in [6, 6.07) is 10.2. The molecule has 0 spiro atoms. The number of hydrogen-bond acceptors (Lipinski definition) is 6. The summed E-state index contributed by atoms with van der Waals surface area (Å²) in [5.74, 6) is -0.616. The summed E-state index contributed by atoms with van der Waals surface area (Å²) >= 11 is 0. The van der Waals surface area contributed by atoms with Crippen LogP contribution in [0.2, 0.25) is 0 Å². The fourth-order valence-corrected chi connectivity index (χ4v) is 4.18. The van der Waals surface area contributed by atoms with Crippen LogP contribution in [0, 0.1) is 11.7 Å². The summed E-state index contributed by atoms with van der Waals surface area (Å²) in [4.78, 5) is 55.1. The van der Waals surface area contributed by atoms with Crippen molar-refractivity contribution in [2.75, 3.05) is 0 Å². The van der Waals surface area contributed by atoms with Gasteiger partial charge in [-0.1, -0.05) is 6.07 Å². The third kappa shape index (κ3) is 6.76. The van der Waals surface area contributed by atoms with Gasteiger partial charge in [0.05, 0.1) is 23.0 Å². The van der Waals surface area contributed by atoms with Crippen LogP contribution in [0.5, 0.6) is 0 Å². The smallest absolute Gasteiger partial charge is 0.306 e. The van der Waals surface area contributed by atoms with Gasteiger partial charge in [-0.15, -0.1) is 0 Å². The highest BCUT2D eigenvalue weighted by molar-refractivity contribution is 6.10. The van der Waals surface area contributed by atoms with Gasteiger partial charge in [0.2, 0.25) is 0 Å². The molecule has 3 aromatic rings. The Labute approximate surface area is 214 Å². The van der Waals surface area contributed by atoms with Crippen LogP contribution < -0.4 is 5.56 Å². The molecule has 0 N–H and O–H groups in total. The zero-order valence-corrected chi connectivity index (χ0v) is 21.4. The third-order valence-electron chi connectivity index (χ3n) is 6.16. The number of hydrogen-bond donors (Lipinski definition) is 0. The number of esters is 1. The molecule has 37 heavy (non-hydrogen) atoms. The summed E-state index contributed by atoms with van der Waals surface area (Å²) in [5, 5.41) is 0.312. The summed E-state index contributed by atoms with van der Waals surface area (Å²) in [7, 11) is 0. The van der Waals surface area contributed by atoms with Crippen molar-refractivity contribution in [3.8, 4) is 5.69 Å². The molecule has 1 saturated carbocycles. The summed E-state index contributed by atoms with van der Waals surface area (Å²) in [5.41, 5.74) is 0.266. The highest BCUT2D eigenvalue weighted by Gasteiger charge is 2.30. The fraction of sp³-hybridized carbons (Fsp3) is 0.414. The van der Waals surface area contributed by atoms with Gasteiger partial charge in [0.1, 0.15) is 23.0 Å². The number of unbranched alkanes of at least 4 members (excludes halogenated alkanes) is 1. The monoisotopic (exact) mass is 506 g/mol. The minimum absolute atomic E-state index is 0.00211. The molecule has 0 atom stereocenters. The summed E-state index contributed by atoms with van der Waals surface area (Å²) < 4.78 is 20.3. The van der Waals surface area contributed by atoms with Crippen LogP contribution in [-0.2, 0) is 20.7 Å². The number of aromatic nitrogens is 2. The largest absolute Gasteiger partial charge is 0.460 e. The fourth-order valence-electron chi connectivity index (χ4n) is 4.18. The average Bonchev–Trinajstić information content (AvgIpc) is 3.67. The number of ether oxygens (including phenoxy) is 1. The zero-order chi connectivity index (χ0) is 26.7. The SMILES string of the molecule is CC(C)(C)OC(=O)CCCCc1nc2cc(C(=O)CC(=O)C3CC3)ccc2c(=O)n1-c1ccc(F)cc1. The molecule has 0 radical (unpaired) electrons. The predicted octanol–water partition coefficient (Wildman–Crippen LogP) is 5.13. The molecule has 1 heterocycles. The average molecular weight is 507 g/mol. The topological polar surface area (TPSA) is 95.3 Å². The number of carbonyl (C=O) groups is 3. The van der Waals surface area contributed by atoms with Crippen molar-refractivity contribution in [2.45, 2.75) is 71.3 Å². The van der Waals surface area contributed by atoms with E-state index in [1.165, 1.54) is 28.8 Å². The minimum Gasteiger partial charge on any atom is -0.460 e. The second-order valence-electron chi connectivity index (χ2n) is 10.5.